The summed E-state index contributed by atoms with van der Waals surface area (Å²) in [5.41, 5.74) is 0. The molecular weight excluding hydrogens is 308 g/mol. The van der Waals surface area contributed by atoms with Crippen LogP contribution in [0.5, 0.6) is 0 Å². The Labute approximate surface area is 158 Å². The highest BCUT2D eigenvalue weighted by Crippen LogP contribution is 2.21. The normalized spacial score (nSPS) is 22.7. The number of likely N-dealkylation sites (N-methyl/N-ethyl adjacent to an activating group) is 1. The molecular formula is C21H46N4. The van der Waals surface area contributed by atoms with Gasteiger partial charge in [-0.15, -0.1) is 0 Å². The van der Waals surface area contributed by atoms with Crippen LogP contribution in [0.4, 0.5) is 0 Å². The van der Waals surface area contributed by atoms with Gasteiger partial charge in [0.2, 0.25) is 0 Å². The third-order valence-electron chi connectivity index (χ3n) is 6.18. The predicted octanol–water partition coefficient (Wildman–Crippen LogP) is 3.09. The fraction of sp³-hybridized carbons (Fsp3) is 1.00. The zero-order valence-corrected chi connectivity index (χ0v) is 18.1. The van der Waals surface area contributed by atoms with Crippen LogP contribution in [0.25, 0.3) is 0 Å². The number of hydrogen-bond donors (Lipinski definition) is 0. The molecule has 1 unspecified atom stereocenters. The summed E-state index contributed by atoms with van der Waals surface area (Å²) in [5, 5.41) is 0. The van der Waals surface area contributed by atoms with Crippen LogP contribution in [0.15, 0.2) is 0 Å². The molecule has 2 heterocycles. The second-order valence-corrected chi connectivity index (χ2v) is 7.77. The highest BCUT2D eigenvalue weighted by atomic mass is 15.3. The van der Waals surface area contributed by atoms with Gasteiger partial charge in [-0.3, -0.25) is 4.90 Å². The molecule has 0 spiro atoms. The van der Waals surface area contributed by atoms with E-state index in [0.717, 1.165) is 18.5 Å². The zero-order valence-electron chi connectivity index (χ0n) is 18.1. The molecule has 2 fully saturated rings. The largest absolute Gasteiger partial charge is 0.305 e. The van der Waals surface area contributed by atoms with Crippen molar-refractivity contribution in [2.75, 3.05) is 72.5 Å². The lowest BCUT2D eigenvalue weighted by Crippen LogP contribution is -2.50. The summed E-state index contributed by atoms with van der Waals surface area (Å²) in [6.45, 7) is 23.6. The minimum absolute atomic E-state index is 0.778. The summed E-state index contributed by atoms with van der Waals surface area (Å²) in [4.78, 5) is 10.5. The summed E-state index contributed by atoms with van der Waals surface area (Å²) in [5.74, 6) is 0.938. The van der Waals surface area contributed by atoms with Gasteiger partial charge >= 0.3 is 0 Å². The molecule has 2 aliphatic rings. The molecule has 2 rings (SSSR count). The van der Waals surface area contributed by atoms with E-state index in [-0.39, 0.29) is 0 Å². The second kappa shape index (κ2) is 13.1. The maximum Gasteiger partial charge on any atom is 0.0110 e. The molecule has 4 nitrogen and oxygen atoms in total. The van der Waals surface area contributed by atoms with Gasteiger partial charge in [0.25, 0.3) is 0 Å². The highest BCUT2D eigenvalue weighted by Gasteiger charge is 2.25. The molecule has 0 aromatic heterocycles. The van der Waals surface area contributed by atoms with Crippen molar-refractivity contribution in [3.63, 3.8) is 0 Å². The number of nitrogens with zero attached hydrogens (tertiary/aromatic N) is 4. The van der Waals surface area contributed by atoms with Gasteiger partial charge < -0.3 is 14.7 Å². The summed E-state index contributed by atoms with van der Waals surface area (Å²) < 4.78 is 0. The van der Waals surface area contributed by atoms with Gasteiger partial charge in [0.1, 0.15) is 0 Å². The standard InChI is InChI=1S/C19H40N4.C2H6/c1-5-18(3)23-9-7-19(8-10-23)17-22-15-13-21(14-16-22)12-11-20(4)6-2;1-2/h18-19H,5-17H2,1-4H3;1-2H3. The minimum Gasteiger partial charge on any atom is -0.305 e. The van der Waals surface area contributed by atoms with Crippen molar-refractivity contribution in [1.29, 1.82) is 0 Å². The van der Waals surface area contributed by atoms with Crippen LogP contribution in [0.1, 0.15) is 53.9 Å². The summed E-state index contributed by atoms with van der Waals surface area (Å²) in [6.07, 6.45) is 4.11. The Bertz CT molecular complexity index is 307. The molecule has 150 valence electrons. The van der Waals surface area contributed by atoms with E-state index in [1.54, 1.807) is 0 Å². The quantitative estimate of drug-likeness (QED) is 0.664. The van der Waals surface area contributed by atoms with Crippen LogP contribution in [-0.2, 0) is 0 Å². The van der Waals surface area contributed by atoms with Gasteiger partial charge in [-0.05, 0) is 58.8 Å². The summed E-state index contributed by atoms with van der Waals surface area (Å²) >= 11 is 0. The Balaban J connectivity index is 0.00000151. The Morgan fingerprint density at radius 3 is 2.00 bits per heavy atom. The molecule has 0 aliphatic carbocycles. The molecule has 0 N–H and O–H groups in total. The van der Waals surface area contributed by atoms with E-state index in [0.29, 0.717) is 0 Å². The third kappa shape index (κ3) is 8.38. The Morgan fingerprint density at radius 2 is 1.48 bits per heavy atom. The maximum absolute atomic E-state index is 2.73. The first-order valence-electron chi connectivity index (χ1n) is 11.0. The lowest BCUT2D eigenvalue weighted by Gasteiger charge is -2.40. The molecule has 1 atom stereocenters. The first-order chi connectivity index (χ1) is 12.1. The highest BCUT2D eigenvalue weighted by molar-refractivity contribution is 4.80. The van der Waals surface area contributed by atoms with E-state index in [2.05, 4.69) is 47.4 Å². The molecule has 4 heteroatoms. The van der Waals surface area contributed by atoms with E-state index in [1.165, 1.54) is 78.2 Å². The molecule has 2 aliphatic heterocycles. The zero-order chi connectivity index (χ0) is 18.7. The molecule has 0 saturated carbocycles. The van der Waals surface area contributed by atoms with Crippen molar-refractivity contribution in [2.24, 2.45) is 5.92 Å². The summed E-state index contributed by atoms with van der Waals surface area (Å²) in [6, 6.07) is 0.778. The fourth-order valence-electron chi connectivity index (χ4n) is 3.87. The molecule has 2 saturated heterocycles. The van der Waals surface area contributed by atoms with Gasteiger partial charge in [-0.1, -0.05) is 27.7 Å². The van der Waals surface area contributed by atoms with Crippen molar-refractivity contribution >= 4 is 0 Å². The number of piperidine rings is 1. The maximum atomic E-state index is 2.73. The van der Waals surface area contributed by atoms with Gasteiger partial charge in [0, 0.05) is 51.9 Å². The smallest absolute Gasteiger partial charge is 0.0110 e. The van der Waals surface area contributed by atoms with Gasteiger partial charge in [0.15, 0.2) is 0 Å². The van der Waals surface area contributed by atoms with E-state index in [1.807, 2.05) is 13.8 Å². The number of likely N-dealkylation sites (tertiary alicyclic amines) is 1. The molecule has 25 heavy (non-hydrogen) atoms. The van der Waals surface area contributed by atoms with Crippen LogP contribution in [-0.4, -0.2) is 98.1 Å². The topological polar surface area (TPSA) is 13.0 Å². The van der Waals surface area contributed by atoms with E-state index in [9.17, 15) is 0 Å². The molecule has 0 radical (unpaired) electrons. The SMILES string of the molecule is CC.CCC(C)N1CCC(CN2CCN(CCN(C)CC)CC2)CC1. The van der Waals surface area contributed by atoms with E-state index in [4.69, 9.17) is 0 Å². The van der Waals surface area contributed by atoms with Crippen molar-refractivity contribution < 1.29 is 0 Å². The van der Waals surface area contributed by atoms with Crippen molar-refractivity contribution in [3.8, 4) is 0 Å². The third-order valence-corrected chi connectivity index (χ3v) is 6.18. The van der Waals surface area contributed by atoms with Crippen LogP contribution in [0.3, 0.4) is 0 Å². The first kappa shape index (κ1) is 22.9. The Hall–Kier alpha value is -0.160. The molecule has 0 amide bonds. The van der Waals surface area contributed by atoms with Crippen molar-refractivity contribution in [1.82, 2.24) is 19.6 Å². The second-order valence-electron chi connectivity index (χ2n) is 7.77. The molecule has 0 bridgehead atoms. The predicted molar refractivity (Wildman–Crippen MR) is 111 cm³/mol. The summed E-state index contributed by atoms with van der Waals surface area (Å²) in [7, 11) is 2.22. The molecule has 0 aromatic rings. The Kier molecular flexibility index (Phi) is 12.0. The van der Waals surface area contributed by atoms with Crippen molar-refractivity contribution in [2.45, 2.75) is 59.9 Å². The van der Waals surface area contributed by atoms with Crippen LogP contribution >= 0.6 is 0 Å². The number of piperazine rings is 1. The van der Waals surface area contributed by atoms with Crippen LogP contribution in [0.2, 0.25) is 0 Å². The lowest BCUT2D eigenvalue weighted by molar-refractivity contribution is 0.0813. The average Bonchev–Trinajstić information content (AvgIpc) is 2.68. The Morgan fingerprint density at radius 1 is 0.920 bits per heavy atom. The van der Waals surface area contributed by atoms with Gasteiger partial charge in [-0.2, -0.15) is 0 Å². The minimum atomic E-state index is 0.778. The van der Waals surface area contributed by atoms with E-state index >= 15 is 0 Å². The van der Waals surface area contributed by atoms with Crippen LogP contribution < -0.4 is 0 Å². The van der Waals surface area contributed by atoms with Gasteiger partial charge in [0.05, 0.1) is 0 Å². The monoisotopic (exact) mass is 354 g/mol. The van der Waals surface area contributed by atoms with E-state index < -0.39 is 0 Å². The first-order valence-corrected chi connectivity index (χ1v) is 11.0. The fourth-order valence-corrected chi connectivity index (χ4v) is 3.87. The molecule has 0 aromatic carbocycles. The van der Waals surface area contributed by atoms with Crippen molar-refractivity contribution in [3.05, 3.63) is 0 Å². The number of rotatable bonds is 8. The van der Waals surface area contributed by atoms with Gasteiger partial charge in [-0.25, -0.2) is 0 Å². The lowest BCUT2D eigenvalue weighted by atomic mass is 9.94. The number of hydrogen-bond acceptors (Lipinski definition) is 4. The van der Waals surface area contributed by atoms with Crippen LogP contribution in [0, 0.1) is 5.92 Å². The average molecular weight is 355 g/mol.